The predicted octanol–water partition coefficient (Wildman–Crippen LogP) is 3.77. The van der Waals surface area contributed by atoms with E-state index in [4.69, 9.17) is 11.6 Å². The SMILES string of the molecule is OC(CCCl)(c1ccccc1)c1scnc1Br. The third-order valence-electron chi connectivity index (χ3n) is 2.61. The molecule has 5 heteroatoms. The Bertz CT molecular complexity index is 490. The molecular formula is C12H11BrClNOS. The Balaban J connectivity index is 2.50. The number of aromatic nitrogens is 1. The van der Waals surface area contributed by atoms with E-state index in [1.807, 2.05) is 30.3 Å². The van der Waals surface area contributed by atoms with Crippen LogP contribution in [0.25, 0.3) is 0 Å². The van der Waals surface area contributed by atoms with Gasteiger partial charge in [-0.25, -0.2) is 4.98 Å². The van der Waals surface area contributed by atoms with E-state index in [0.717, 1.165) is 10.4 Å². The molecule has 2 rings (SSSR count). The Morgan fingerprint density at radius 2 is 2.06 bits per heavy atom. The summed E-state index contributed by atoms with van der Waals surface area (Å²) >= 11 is 10.6. The van der Waals surface area contributed by atoms with Gasteiger partial charge in [0.25, 0.3) is 0 Å². The molecule has 0 saturated heterocycles. The first-order chi connectivity index (χ1) is 8.18. The van der Waals surface area contributed by atoms with E-state index in [1.165, 1.54) is 11.3 Å². The zero-order chi connectivity index (χ0) is 12.3. The summed E-state index contributed by atoms with van der Waals surface area (Å²) in [5.41, 5.74) is 1.48. The van der Waals surface area contributed by atoms with Crippen LogP contribution in [0.15, 0.2) is 40.4 Å². The Kier molecular flexibility index (Phi) is 4.20. The Labute approximate surface area is 117 Å². The molecule has 0 fully saturated rings. The van der Waals surface area contributed by atoms with Gasteiger partial charge in [0.2, 0.25) is 0 Å². The van der Waals surface area contributed by atoms with Crippen LogP contribution in [-0.2, 0) is 5.60 Å². The van der Waals surface area contributed by atoms with Crippen LogP contribution in [0.1, 0.15) is 16.9 Å². The van der Waals surface area contributed by atoms with E-state index in [-0.39, 0.29) is 0 Å². The van der Waals surface area contributed by atoms with Crippen molar-refractivity contribution in [1.82, 2.24) is 4.98 Å². The highest BCUT2D eigenvalue weighted by Gasteiger charge is 2.34. The maximum Gasteiger partial charge on any atom is 0.128 e. The number of alkyl halides is 1. The standard InChI is InChI=1S/C12H11BrClNOS/c13-11-10(17-8-15-11)12(16,6-7-14)9-4-2-1-3-5-9/h1-5,8,16H,6-7H2. The lowest BCUT2D eigenvalue weighted by Gasteiger charge is -2.27. The van der Waals surface area contributed by atoms with Gasteiger partial charge in [0, 0.05) is 5.88 Å². The molecule has 2 nitrogen and oxygen atoms in total. The van der Waals surface area contributed by atoms with Crippen molar-refractivity contribution in [1.29, 1.82) is 0 Å². The Morgan fingerprint density at radius 1 is 1.35 bits per heavy atom. The van der Waals surface area contributed by atoms with Gasteiger partial charge in [-0.1, -0.05) is 30.3 Å². The molecule has 2 aromatic rings. The van der Waals surface area contributed by atoms with Crippen molar-refractivity contribution in [2.24, 2.45) is 0 Å². The second-order valence-electron chi connectivity index (χ2n) is 3.64. The number of rotatable bonds is 4. The van der Waals surface area contributed by atoms with E-state index >= 15 is 0 Å². The van der Waals surface area contributed by atoms with Crippen LogP contribution in [0.2, 0.25) is 0 Å². The molecule has 1 N–H and O–H groups in total. The van der Waals surface area contributed by atoms with E-state index < -0.39 is 5.60 Å². The minimum atomic E-state index is -1.07. The summed E-state index contributed by atoms with van der Waals surface area (Å²) in [7, 11) is 0. The molecule has 1 heterocycles. The van der Waals surface area contributed by atoms with Crippen LogP contribution in [0.4, 0.5) is 0 Å². The number of benzene rings is 1. The molecule has 0 radical (unpaired) electrons. The topological polar surface area (TPSA) is 33.1 Å². The summed E-state index contributed by atoms with van der Waals surface area (Å²) < 4.78 is 0.680. The first kappa shape index (κ1) is 13.0. The van der Waals surface area contributed by atoms with Gasteiger partial charge in [0.1, 0.15) is 10.2 Å². The number of hydrogen-bond donors (Lipinski definition) is 1. The van der Waals surface area contributed by atoms with E-state index in [1.54, 1.807) is 5.51 Å². The van der Waals surface area contributed by atoms with Crippen LogP contribution in [0, 0.1) is 0 Å². The molecule has 1 unspecified atom stereocenters. The third kappa shape index (κ3) is 2.55. The third-order valence-corrected chi connectivity index (χ3v) is 4.64. The summed E-state index contributed by atoms with van der Waals surface area (Å²) in [5, 5.41) is 10.9. The van der Waals surface area contributed by atoms with Crippen molar-refractivity contribution >= 4 is 38.9 Å². The fraction of sp³-hybridized carbons (Fsp3) is 0.250. The minimum absolute atomic E-state index is 0.385. The lowest BCUT2D eigenvalue weighted by atomic mass is 9.90. The van der Waals surface area contributed by atoms with Crippen molar-refractivity contribution < 1.29 is 5.11 Å². The minimum Gasteiger partial charge on any atom is -0.379 e. The molecule has 0 bridgehead atoms. The van der Waals surface area contributed by atoms with Gasteiger partial charge in [-0.3, -0.25) is 0 Å². The van der Waals surface area contributed by atoms with Gasteiger partial charge in [-0.15, -0.1) is 22.9 Å². The number of aliphatic hydroxyl groups is 1. The van der Waals surface area contributed by atoms with Gasteiger partial charge in [0.05, 0.1) is 10.4 Å². The molecular weight excluding hydrogens is 322 g/mol. The van der Waals surface area contributed by atoms with Gasteiger partial charge in [-0.2, -0.15) is 0 Å². The summed E-state index contributed by atoms with van der Waals surface area (Å²) in [5.74, 6) is 0.385. The highest BCUT2D eigenvalue weighted by molar-refractivity contribution is 9.10. The van der Waals surface area contributed by atoms with E-state index in [2.05, 4.69) is 20.9 Å². The zero-order valence-electron chi connectivity index (χ0n) is 8.94. The Hall–Kier alpha value is -0.420. The Morgan fingerprint density at radius 3 is 2.59 bits per heavy atom. The molecule has 0 spiro atoms. The van der Waals surface area contributed by atoms with Crippen LogP contribution < -0.4 is 0 Å². The molecule has 0 aliphatic rings. The maximum atomic E-state index is 10.9. The molecule has 1 aromatic carbocycles. The van der Waals surface area contributed by atoms with Crippen LogP contribution >= 0.6 is 38.9 Å². The molecule has 1 atom stereocenters. The largest absolute Gasteiger partial charge is 0.379 e. The van der Waals surface area contributed by atoms with Crippen molar-refractivity contribution in [3.05, 3.63) is 50.9 Å². The van der Waals surface area contributed by atoms with Gasteiger partial charge in [-0.05, 0) is 27.9 Å². The smallest absolute Gasteiger partial charge is 0.128 e. The van der Waals surface area contributed by atoms with Crippen molar-refractivity contribution in [3.8, 4) is 0 Å². The fourth-order valence-corrected chi connectivity index (χ4v) is 3.69. The average Bonchev–Trinajstić information content (AvgIpc) is 2.77. The second kappa shape index (κ2) is 5.48. The highest BCUT2D eigenvalue weighted by atomic mass is 79.9. The van der Waals surface area contributed by atoms with Crippen molar-refractivity contribution in [2.45, 2.75) is 12.0 Å². The first-order valence-corrected chi connectivity index (χ1v) is 7.32. The van der Waals surface area contributed by atoms with Crippen LogP contribution in [0.5, 0.6) is 0 Å². The quantitative estimate of drug-likeness (QED) is 0.865. The highest BCUT2D eigenvalue weighted by Crippen LogP contribution is 2.39. The summed E-state index contributed by atoms with van der Waals surface area (Å²) in [6.07, 6.45) is 0.458. The van der Waals surface area contributed by atoms with Crippen LogP contribution in [-0.4, -0.2) is 16.0 Å². The van der Waals surface area contributed by atoms with Gasteiger partial charge < -0.3 is 5.11 Å². The first-order valence-electron chi connectivity index (χ1n) is 5.12. The lowest BCUT2D eigenvalue weighted by molar-refractivity contribution is 0.0804. The number of hydrogen-bond acceptors (Lipinski definition) is 3. The number of thiazole rings is 1. The molecule has 0 amide bonds. The summed E-state index contributed by atoms with van der Waals surface area (Å²) in [6.45, 7) is 0. The maximum absolute atomic E-state index is 10.9. The van der Waals surface area contributed by atoms with E-state index in [0.29, 0.717) is 16.9 Å². The molecule has 90 valence electrons. The number of nitrogens with zero attached hydrogens (tertiary/aromatic N) is 1. The normalized spacial score (nSPS) is 14.5. The molecule has 17 heavy (non-hydrogen) atoms. The average molecular weight is 333 g/mol. The lowest BCUT2D eigenvalue weighted by Crippen LogP contribution is -2.27. The van der Waals surface area contributed by atoms with Gasteiger partial charge >= 0.3 is 0 Å². The summed E-state index contributed by atoms with van der Waals surface area (Å²) in [4.78, 5) is 4.92. The van der Waals surface area contributed by atoms with Crippen LogP contribution in [0.3, 0.4) is 0 Å². The molecule has 0 saturated carbocycles. The van der Waals surface area contributed by atoms with Crippen molar-refractivity contribution in [3.63, 3.8) is 0 Å². The predicted molar refractivity (Wildman–Crippen MR) is 74.6 cm³/mol. The fourth-order valence-electron chi connectivity index (χ4n) is 1.74. The second-order valence-corrected chi connectivity index (χ2v) is 5.62. The monoisotopic (exact) mass is 331 g/mol. The molecule has 1 aromatic heterocycles. The zero-order valence-corrected chi connectivity index (χ0v) is 12.1. The molecule has 0 aliphatic heterocycles. The summed E-state index contributed by atoms with van der Waals surface area (Å²) in [6, 6.07) is 9.54. The van der Waals surface area contributed by atoms with Gasteiger partial charge in [0.15, 0.2) is 0 Å². The van der Waals surface area contributed by atoms with E-state index in [9.17, 15) is 5.11 Å². The number of halogens is 2. The van der Waals surface area contributed by atoms with Crippen molar-refractivity contribution in [2.75, 3.05) is 5.88 Å². The molecule has 0 aliphatic carbocycles.